The summed E-state index contributed by atoms with van der Waals surface area (Å²) in [4.78, 5) is 20.1. The van der Waals surface area contributed by atoms with E-state index in [9.17, 15) is 31.1 Å². The van der Waals surface area contributed by atoms with Gasteiger partial charge in [0.25, 0.3) is 5.91 Å². The second-order valence-electron chi connectivity index (χ2n) is 6.95. The third-order valence-corrected chi connectivity index (χ3v) is 4.75. The second kappa shape index (κ2) is 7.87. The molecule has 170 valence electrons. The number of hydrogen-bond donors (Lipinski definition) is 1. The van der Waals surface area contributed by atoms with Crippen molar-refractivity contribution in [3.63, 3.8) is 0 Å². The van der Waals surface area contributed by atoms with E-state index in [1.807, 2.05) is 0 Å². The minimum atomic E-state index is -4.99. The zero-order valence-corrected chi connectivity index (χ0v) is 16.7. The van der Waals surface area contributed by atoms with Gasteiger partial charge in [-0.15, -0.1) is 0 Å². The monoisotopic (exact) mass is 465 g/mol. The SMILES string of the molecule is Cn1nc(-c2cccc3ncccc23)c(C(F)(F)F)c1C(=O)Nc1ccnc(C(F)(F)F)c1. The molecule has 4 rings (SSSR count). The molecule has 3 aromatic heterocycles. The van der Waals surface area contributed by atoms with E-state index in [2.05, 4.69) is 20.4 Å². The molecule has 0 fully saturated rings. The molecule has 1 aromatic carbocycles. The molecular formula is C21H13F6N5O. The number of carbonyl (C=O) groups is 1. The van der Waals surface area contributed by atoms with Gasteiger partial charge < -0.3 is 5.32 Å². The average Bonchev–Trinajstić information content (AvgIpc) is 3.10. The first-order valence-corrected chi connectivity index (χ1v) is 9.29. The lowest BCUT2D eigenvalue weighted by atomic mass is 10.0. The molecular weight excluding hydrogens is 452 g/mol. The number of benzene rings is 1. The minimum Gasteiger partial charge on any atom is -0.321 e. The molecule has 0 saturated carbocycles. The zero-order chi connectivity index (χ0) is 24.0. The van der Waals surface area contributed by atoms with E-state index in [-0.39, 0.29) is 11.3 Å². The molecule has 0 aliphatic rings. The lowest BCUT2D eigenvalue weighted by Crippen LogP contribution is -2.21. The second-order valence-corrected chi connectivity index (χ2v) is 6.95. The Morgan fingerprint density at radius 1 is 0.939 bits per heavy atom. The summed E-state index contributed by atoms with van der Waals surface area (Å²) in [6.07, 6.45) is -7.51. The summed E-state index contributed by atoms with van der Waals surface area (Å²) in [5.41, 5.74) is -3.81. The fourth-order valence-electron chi connectivity index (χ4n) is 3.40. The number of alkyl halides is 6. The summed E-state index contributed by atoms with van der Waals surface area (Å²) in [5, 5.41) is 6.39. The van der Waals surface area contributed by atoms with Crippen LogP contribution in [-0.4, -0.2) is 25.7 Å². The molecule has 0 radical (unpaired) electrons. The molecule has 0 atom stereocenters. The topological polar surface area (TPSA) is 72.7 Å². The highest BCUT2D eigenvalue weighted by Crippen LogP contribution is 2.41. The number of carbonyl (C=O) groups excluding carboxylic acids is 1. The Labute approximate surface area is 181 Å². The van der Waals surface area contributed by atoms with Crippen LogP contribution in [0.25, 0.3) is 22.2 Å². The van der Waals surface area contributed by atoms with Crippen LogP contribution >= 0.6 is 0 Å². The fraction of sp³-hybridized carbons (Fsp3) is 0.143. The van der Waals surface area contributed by atoms with Gasteiger partial charge in [-0.05, 0) is 24.3 Å². The summed E-state index contributed by atoms with van der Waals surface area (Å²) in [5.74, 6) is -1.28. The first kappa shape index (κ1) is 22.2. The summed E-state index contributed by atoms with van der Waals surface area (Å²) in [6, 6.07) is 9.23. The number of nitrogens with zero attached hydrogens (tertiary/aromatic N) is 4. The Hall–Kier alpha value is -3.96. The van der Waals surface area contributed by atoms with Crippen molar-refractivity contribution in [2.45, 2.75) is 12.4 Å². The van der Waals surface area contributed by atoms with Crippen molar-refractivity contribution in [1.29, 1.82) is 0 Å². The third-order valence-electron chi connectivity index (χ3n) is 4.75. The number of pyridine rings is 2. The van der Waals surface area contributed by atoms with Gasteiger partial charge in [-0.3, -0.25) is 19.4 Å². The zero-order valence-electron chi connectivity index (χ0n) is 16.7. The number of nitrogens with one attached hydrogen (secondary N) is 1. The maximum Gasteiger partial charge on any atom is 0.433 e. The van der Waals surface area contributed by atoms with Gasteiger partial charge in [0, 0.05) is 36.1 Å². The van der Waals surface area contributed by atoms with Crippen LogP contribution in [0.2, 0.25) is 0 Å². The normalized spacial score (nSPS) is 12.2. The average molecular weight is 465 g/mol. The van der Waals surface area contributed by atoms with Crippen LogP contribution in [0.15, 0.2) is 54.9 Å². The Morgan fingerprint density at radius 2 is 1.70 bits per heavy atom. The number of fused-ring (bicyclic) bond motifs is 1. The van der Waals surface area contributed by atoms with Crippen LogP contribution in [0.1, 0.15) is 21.7 Å². The first-order valence-electron chi connectivity index (χ1n) is 9.29. The van der Waals surface area contributed by atoms with Crippen molar-refractivity contribution in [3.8, 4) is 11.3 Å². The van der Waals surface area contributed by atoms with Crippen LogP contribution in [0.5, 0.6) is 0 Å². The van der Waals surface area contributed by atoms with E-state index in [0.29, 0.717) is 17.0 Å². The van der Waals surface area contributed by atoms with E-state index in [0.717, 1.165) is 24.0 Å². The number of anilines is 1. The predicted molar refractivity (Wildman–Crippen MR) is 106 cm³/mol. The van der Waals surface area contributed by atoms with E-state index in [1.165, 1.54) is 18.3 Å². The number of halogens is 6. The van der Waals surface area contributed by atoms with E-state index < -0.39 is 40.9 Å². The van der Waals surface area contributed by atoms with Gasteiger partial charge in [-0.2, -0.15) is 31.4 Å². The number of rotatable bonds is 3. The Balaban J connectivity index is 1.84. The van der Waals surface area contributed by atoms with Crippen molar-refractivity contribution in [3.05, 3.63) is 71.8 Å². The summed E-state index contributed by atoms with van der Waals surface area (Å²) in [7, 11) is 1.14. The van der Waals surface area contributed by atoms with Gasteiger partial charge in [0.1, 0.15) is 22.6 Å². The molecule has 33 heavy (non-hydrogen) atoms. The number of amides is 1. The standard InChI is InChI=1S/C21H13F6N5O/c1-32-18(19(33)30-11-7-9-29-15(10-11)20(22,23)24)16(21(25,26)27)17(31-32)13-4-2-6-14-12(13)5-3-8-28-14/h2-10H,1H3,(H,29,30,33). The Kier molecular flexibility index (Phi) is 5.30. The molecule has 0 unspecified atom stereocenters. The molecule has 1 amide bonds. The molecule has 12 heteroatoms. The van der Waals surface area contributed by atoms with Crippen molar-refractivity contribution in [2.75, 3.05) is 5.32 Å². The van der Waals surface area contributed by atoms with Gasteiger partial charge in [0.05, 0.1) is 5.52 Å². The van der Waals surface area contributed by atoms with Crippen molar-refractivity contribution in [2.24, 2.45) is 7.05 Å². The van der Waals surface area contributed by atoms with Crippen LogP contribution in [-0.2, 0) is 19.4 Å². The highest BCUT2D eigenvalue weighted by Gasteiger charge is 2.42. The molecule has 0 spiro atoms. The first-order chi connectivity index (χ1) is 15.5. The van der Waals surface area contributed by atoms with Crippen molar-refractivity contribution < 1.29 is 31.1 Å². The Morgan fingerprint density at radius 3 is 2.39 bits per heavy atom. The highest BCUT2D eigenvalue weighted by molar-refractivity contribution is 6.06. The van der Waals surface area contributed by atoms with E-state index >= 15 is 0 Å². The maximum absolute atomic E-state index is 14.1. The largest absolute Gasteiger partial charge is 0.433 e. The van der Waals surface area contributed by atoms with Gasteiger partial charge in [0.15, 0.2) is 0 Å². The van der Waals surface area contributed by atoms with Gasteiger partial charge in [0.2, 0.25) is 0 Å². The smallest absolute Gasteiger partial charge is 0.321 e. The van der Waals surface area contributed by atoms with Crippen LogP contribution in [0.3, 0.4) is 0 Å². The summed E-state index contributed by atoms with van der Waals surface area (Å²) >= 11 is 0. The lowest BCUT2D eigenvalue weighted by molar-refractivity contribution is -0.141. The number of aromatic nitrogens is 4. The van der Waals surface area contributed by atoms with Gasteiger partial charge >= 0.3 is 12.4 Å². The molecule has 0 aliphatic heterocycles. The molecule has 0 aliphatic carbocycles. The highest BCUT2D eigenvalue weighted by atomic mass is 19.4. The fourth-order valence-corrected chi connectivity index (χ4v) is 3.40. The minimum absolute atomic E-state index is 0.103. The molecule has 0 saturated heterocycles. The molecule has 3 heterocycles. The van der Waals surface area contributed by atoms with E-state index in [4.69, 9.17) is 0 Å². The Bertz CT molecular complexity index is 1350. The number of hydrogen-bond acceptors (Lipinski definition) is 4. The van der Waals surface area contributed by atoms with E-state index in [1.54, 1.807) is 18.2 Å². The number of aryl methyl sites for hydroxylation is 1. The van der Waals surface area contributed by atoms with Gasteiger partial charge in [-0.1, -0.05) is 18.2 Å². The van der Waals surface area contributed by atoms with Crippen LogP contribution in [0, 0.1) is 0 Å². The summed E-state index contributed by atoms with van der Waals surface area (Å²) < 4.78 is 81.8. The third kappa shape index (κ3) is 4.23. The van der Waals surface area contributed by atoms with Crippen LogP contribution < -0.4 is 5.32 Å². The molecule has 1 N–H and O–H groups in total. The molecule has 0 bridgehead atoms. The van der Waals surface area contributed by atoms with Crippen molar-refractivity contribution in [1.82, 2.24) is 19.7 Å². The van der Waals surface area contributed by atoms with Crippen LogP contribution in [0.4, 0.5) is 32.0 Å². The quantitative estimate of drug-likeness (QED) is 0.416. The van der Waals surface area contributed by atoms with Crippen molar-refractivity contribution >= 4 is 22.5 Å². The predicted octanol–water partition coefficient (Wildman–Crippen LogP) is 5.32. The molecule has 4 aromatic rings. The maximum atomic E-state index is 14.1. The van der Waals surface area contributed by atoms with Gasteiger partial charge in [-0.25, -0.2) is 0 Å². The summed E-state index contributed by atoms with van der Waals surface area (Å²) in [6.45, 7) is 0. The lowest BCUT2D eigenvalue weighted by Gasteiger charge is -2.13. The molecule has 6 nitrogen and oxygen atoms in total.